The van der Waals surface area contributed by atoms with Crippen molar-refractivity contribution < 1.29 is 4.79 Å². The maximum absolute atomic E-state index is 12.4. The zero-order chi connectivity index (χ0) is 14.1. The number of fused-ring (bicyclic) bond motifs is 1. The molecule has 2 aromatic heterocycles. The molecule has 2 heterocycles. The van der Waals surface area contributed by atoms with Crippen LogP contribution in [0.2, 0.25) is 0 Å². The van der Waals surface area contributed by atoms with Gasteiger partial charge in [-0.15, -0.1) is 11.3 Å². The minimum absolute atomic E-state index is 0.124. The largest absolute Gasteiger partial charge is 0.320 e. The first-order valence-corrected chi connectivity index (χ1v) is 8.02. The number of carbonyl (C=O) groups is 1. The average Bonchev–Trinajstić information content (AvgIpc) is 3.03. The molecule has 0 N–H and O–H groups in total. The number of benzene rings is 1. The second-order valence-corrected chi connectivity index (χ2v) is 6.95. The maximum atomic E-state index is 12.4. The Hall–Kier alpha value is -1.46. The lowest BCUT2D eigenvalue weighted by atomic mass is 10.3. The van der Waals surface area contributed by atoms with Gasteiger partial charge in [-0.05, 0) is 40.2 Å². The molecule has 0 saturated carbocycles. The van der Waals surface area contributed by atoms with Crippen molar-refractivity contribution in [2.45, 2.75) is 19.9 Å². The van der Waals surface area contributed by atoms with Crippen molar-refractivity contribution >= 4 is 44.1 Å². The quantitative estimate of drug-likeness (QED) is 0.658. The third-order valence-electron chi connectivity index (χ3n) is 3.20. The number of imidazole rings is 1. The van der Waals surface area contributed by atoms with Gasteiger partial charge in [0.2, 0.25) is 0 Å². The standard InChI is InChI=1S/C15H13BrN2OS/c1-2-15-17-10-5-3-4-6-11(10)18(15)9-12(19)13-7-8-14(16)20-13/h3-8H,2,9H2,1H3. The Morgan fingerprint density at radius 3 is 2.80 bits per heavy atom. The van der Waals surface area contributed by atoms with Crippen LogP contribution in [0.1, 0.15) is 22.4 Å². The first-order valence-electron chi connectivity index (χ1n) is 6.41. The van der Waals surface area contributed by atoms with Gasteiger partial charge in [-0.3, -0.25) is 4.79 Å². The average molecular weight is 349 g/mol. The number of carbonyl (C=O) groups excluding carboxylic acids is 1. The normalized spacial score (nSPS) is 11.1. The first kappa shape index (κ1) is 13.5. The minimum atomic E-state index is 0.124. The molecular formula is C15H13BrN2OS. The Bertz CT molecular complexity index is 775. The predicted octanol–water partition coefficient (Wildman–Crippen LogP) is 4.31. The summed E-state index contributed by atoms with van der Waals surface area (Å²) >= 11 is 4.86. The Morgan fingerprint density at radius 2 is 2.10 bits per heavy atom. The Kier molecular flexibility index (Phi) is 3.72. The van der Waals surface area contributed by atoms with Gasteiger partial charge in [0.25, 0.3) is 0 Å². The number of ketones is 1. The van der Waals surface area contributed by atoms with Gasteiger partial charge in [0, 0.05) is 6.42 Å². The minimum Gasteiger partial charge on any atom is -0.320 e. The van der Waals surface area contributed by atoms with Gasteiger partial charge >= 0.3 is 0 Å². The van der Waals surface area contributed by atoms with E-state index in [-0.39, 0.29) is 5.78 Å². The van der Waals surface area contributed by atoms with Gasteiger partial charge in [0.15, 0.2) is 5.78 Å². The smallest absolute Gasteiger partial charge is 0.192 e. The van der Waals surface area contributed by atoms with Crippen molar-refractivity contribution in [3.8, 4) is 0 Å². The predicted molar refractivity (Wildman–Crippen MR) is 85.5 cm³/mol. The van der Waals surface area contributed by atoms with E-state index in [4.69, 9.17) is 0 Å². The molecule has 0 bridgehead atoms. The van der Waals surface area contributed by atoms with E-state index < -0.39 is 0 Å². The fraction of sp³-hybridized carbons (Fsp3) is 0.200. The van der Waals surface area contributed by atoms with Crippen molar-refractivity contribution in [1.29, 1.82) is 0 Å². The number of aromatic nitrogens is 2. The van der Waals surface area contributed by atoms with Gasteiger partial charge in [-0.1, -0.05) is 19.1 Å². The highest BCUT2D eigenvalue weighted by molar-refractivity contribution is 9.11. The van der Waals surface area contributed by atoms with Crippen LogP contribution in [0.15, 0.2) is 40.2 Å². The van der Waals surface area contributed by atoms with Crippen LogP contribution in [0.25, 0.3) is 11.0 Å². The summed E-state index contributed by atoms with van der Waals surface area (Å²) in [5.41, 5.74) is 1.97. The summed E-state index contributed by atoms with van der Waals surface area (Å²) in [4.78, 5) is 17.7. The Balaban J connectivity index is 1.99. The first-order chi connectivity index (χ1) is 9.69. The van der Waals surface area contributed by atoms with E-state index in [0.717, 1.165) is 31.9 Å². The molecule has 0 radical (unpaired) electrons. The Morgan fingerprint density at radius 1 is 1.30 bits per heavy atom. The third-order valence-corrected chi connectivity index (χ3v) is 4.86. The molecule has 0 fully saturated rings. The molecule has 0 aliphatic heterocycles. The van der Waals surface area contributed by atoms with Crippen molar-refractivity contribution in [3.05, 3.63) is 50.9 Å². The van der Waals surface area contributed by atoms with Crippen LogP contribution in [0, 0.1) is 0 Å². The second kappa shape index (κ2) is 5.50. The molecule has 3 nitrogen and oxygen atoms in total. The number of thiophene rings is 1. The van der Waals surface area contributed by atoms with Crippen LogP contribution in [-0.4, -0.2) is 15.3 Å². The zero-order valence-electron chi connectivity index (χ0n) is 11.0. The van der Waals surface area contributed by atoms with Gasteiger partial charge in [0.05, 0.1) is 26.2 Å². The highest BCUT2D eigenvalue weighted by atomic mass is 79.9. The summed E-state index contributed by atoms with van der Waals surface area (Å²) in [7, 11) is 0. The van der Waals surface area contributed by atoms with E-state index in [1.54, 1.807) is 0 Å². The fourth-order valence-corrected chi connectivity index (χ4v) is 3.57. The highest BCUT2D eigenvalue weighted by Gasteiger charge is 2.14. The number of aryl methyl sites for hydroxylation is 1. The third kappa shape index (κ3) is 2.43. The maximum Gasteiger partial charge on any atom is 0.192 e. The molecule has 0 spiro atoms. The van der Waals surface area contributed by atoms with Gasteiger partial charge in [-0.2, -0.15) is 0 Å². The summed E-state index contributed by atoms with van der Waals surface area (Å²) in [5, 5.41) is 0. The summed E-state index contributed by atoms with van der Waals surface area (Å²) < 4.78 is 3.00. The molecule has 0 saturated heterocycles. The number of hydrogen-bond donors (Lipinski definition) is 0. The molecule has 3 aromatic rings. The second-order valence-electron chi connectivity index (χ2n) is 4.48. The number of halogens is 1. The SMILES string of the molecule is CCc1nc2ccccc2n1CC(=O)c1ccc(Br)s1. The van der Waals surface area contributed by atoms with Gasteiger partial charge in [0.1, 0.15) is 5.82 Å². The Labute approximate surface area is 129 Å². The van der Waals surface area contributed by atoms with Crippen molar-refractivity contribution in [1.82, 2.24) is 9.55 Å². The van der Waals surface area contributed by atoms with E-state index in [1.807, 2.05) is 41.0 Å². The summed E-state index contributed by atoms with van der Waals surface area (Å²) in [6.45, 7) is 2.40. The van der Waals surface area contributed by atoms with Crippen LogP contribution < -0.4 is 0 Å². The molecule has 3 rings (SSSR count). The lowest BCUT2D eigenvalue weighted by Gasteiger charge is -2.06. The molecule has 20 heavy (non-hydrogen) atoms. The summed E-state index contributed by atoms with van der Waals surface area (Å²) in [6.07, 6.45) is 0.816. The monoisotopic (exact) mass is 348 g/mol. The van der Waals surface area contributed by atoms with Crippen LogP contribution in [0.5, 0.6) is 0 Å². The number of Topliss-reactive ketones (excluding diaryl/α,β-unsaturated/α-hetero) is 1. The summed E-state index contributed by atoms with van der Waals surface area (Å²) in [6, 6.07) is 11.7. The lowest BCUT2D eigenvalue weighted by molar-refractivity contribution is 0.0976. The van der Waals surface area contributed by atoms with Crippen LogP contribution >= 0.6 is 27.3 Å². The van der Waals surface area contributed by atoms with Gasteiger partial charge < -0.3 is 4.57 Å². The number of nitrogens with zero attached hydrogens (tertiary/aromatic N) is 2. The number of rotatable bonds is 4. The van der Waals surface area contributed by atoms with Crippen LogP contribution in [0.4, 0.5) is 0 Å². The lowest BCUT2D eigenvalue weighted by Crippen LogP contribution is -2.11. The molecule has 5 heteroatoms. The van der Waals surface area contributed by atoms with E-state index in [2.05, 4.69) is 27.8 Å². The van der Waals surface area contributed by atoms with Gasteiger partial charge in [-0.25, -0.2) is 4.98 Å². The van der Waals surface area contributed by atoms with E-state index in [9.17, 15) is 4.79 Å². The zero-order valence-corrected chi connectivity index (χ0v) is 13.4. The molecule has 0 aliphatic carbocycles. The van der Waals surface area contributed by atoms with E-state index >= 15 is 0 Å². The van der Waals surface area contributed by atoms with Crippen molar-refractivity contribution in [2.24, 2.45) is 0 Å². The van der Waals surface area contributed by atoms with Crippen molar-refractivity contribution in [3.63, 3.8) is 0 Å². The van der Waals surface area contributed by atoms with Crippen LogP contribution in [0.3, 0.4) is 0 Å². The number of hydrogen-bond acceptors (Lipinski definition) is 3. The number of para-hydroxylation sites is 2. The molecule has 1 aromatic carbocycles. The topological polar surface area (TPSA) is 34.9 Å². The fourth-order valence-electron chi connectivity index (χ4n) is 2.26. The van der Waals surface area contributed by atoms with E-state index in [1.165, 1.54) is 11.3 Å². The highest BCUT2D eigenvalue weighted by Crippen LogP contribution is 2.24. The molecule has 0 atom stereocenters. The molecule has 102 valence electrons. The molecule has 0 aliphatic rings. The summed E-state index contributed by atoms with van der Waals surface area (Å²) in [5.74, 6) is 1.08. The van der Waals surface area contributed by atoms with E-state index in [0.29, 0.717) is 6.54 Å². The molecule has 0 unspecified atom stereocenters. The molecular weight excluding hydrogens is 336 g/mol. The molecule has 0 amide bonds. The van der Waals surface area contributed by atoms with Crippen LogP contribution in [-0.2, 0) is 13.0 Å². The van der Waals surface area contributed by atoms with Crippen molar-refractivity contribution in [2.75, 3.05) is 0 Å².